The number of nitrogens with one attached hydrogen (secondary N) is 1. The van der Waals surface area contributed by atoms with Gasteiger partial charge in [-0.1, -0.05) is 28.9 Å². The minimum absolute atomic E-state index is 0.495. The fraction of sp³-hybridized carbons (Fsp3) is 0.333. The van der Waals surface area contributed by atoms with Crippen LogP contribution in [-0.2, 0) is 11.2 Å². The third-order valence-corrected chi connectivity index (χ3v) is 3.83. The number of carbonyl (C=O) groups is 1. The van der Waals surface area contributed by atoms with E-state index in [2.05, 4.69) is 26.1 Å². The summed E-state index contributed by atoms with van der Waals surface area (Å²) in [6, 6.07) is 7.43. The van der Waals surface area contributed by atoms with Crippen molar-refractivity contribution < 1.29 is 9.53 Å². The molecule has 0 atom stereocenters. The predicted molar refractivity (Wildman–Crippen MR) is 99.0 cm³/mol. The van der Waals surface area contributed by atoms with Crippen LogP contribution in [0.2, 0.25) is 0 Å². The van der Waals surface area contributed by atoms with Crippen LogP contribution in [0.4, 0.5) is 16.2 Å². The Balaban J connectivity index is 2.32. The maximum absolute atomic E-state index is 11.9. The van der Waals surface area contributed by atoms with E-state index in [4.69, 9.17) is 11.3 Å². The van der Waals surface area contributed by atoms with Crippen molar-refractivity contribution in [3.05, 3.63) is 52.0 Å². The second-order valence-corrected chi connectivity index (χ2v) is 7.14. The zero-order chi connectivity index (χ0) is 17.9. The molecule has 1 aromatic carbocycles. The lowest BCUT2D eigenvalue weighted by atomic mass is 10.2. The van der Waals surface area contributed by atoms with E-state index in [1.165, 1.54) is 0 Å². The van der Waals surface area contributed by atoms with Gasteiger partial charge in [0.2, 0.25) is 5.69 Å². The SMILES string of the molecule is [C-]#[N+]c1c(Br)cn(-c2cccc(NC(=O)OC(C)(C)C)c2)c1CC. The zero-order valence-electron chi connectivity index (χ0n) is 14.2. The summed E-state index contributed by atoms with van der Waals surface area (Å²) in [6.45, 7) is 14.8. The zero-order valence-corrected chi connectivity index (χ0v) is 15.8. The summed E-state index contributed by atoms with van der Waals surface area (Å²) in [7, 11) is 0. The monoisotopic (exact) mass is 389 g/mol. The standard InChI is InChI=1S/C18H20BrN3O2/c1-6-15-16(20-5)14(19)11-22(15)13-9-7-8-12(10-13)21-17(23)24-18(2,3)4/h7-11H,6H2,1-4H3,(H,21,23). The van der Waals surface area contributed by atoms with E-state index in [1.807, 2.05) is 56.7 Å². The smallest absolute Gasteiger partial charge is 0.412 e. The predicted octanol–water partition coefficient (Wildman–Crippen LogP) is 5.70. The molecule has 5 nitrogen and oxygen atoms in total. The second-order valence-electron chi connectivity index (χ2n) is 6.28. The van der Waals surface area contributed by atoms with E-state index in [0.717, 1.165) is 22.3 Å². The molecular formula is C18H20BrN3O2. The number of hydrogen-bond donors (Lipinski definition) is 1. The van der Waals surface area contributed by atoms with Crippen molar-refractivity contribution in [3.8, 4) is 5.69 Å². The van der Waals surface area contributed by atoms with Crippen LogP contribution in [0, 0.1) is 6.57 Å². The number of halogens is 1. The summed E-state index contributed by atoms with van der Waals surface area (Å²) < 4.78 is 7.99. The summed E-state index contributed by atoms with van der Waals surface area (Å²) in [4.78, 5) is 15.5. The quantitative estimate of drug-likeness (QED) is 0.684. The van der Waals surface area contributed by atoms with E-state index in [1.54, 1.807) is 6.07 Å². The van der Waals surface area contributed by atoms with Gasteiger partial charge in [-0.2, -0.15) is 0 Å². The van der Waals surface area contributed by atoms with E-state index < -0.39 is 11.7 Å². The van der Waals surface area contributed by atoms with Gasteiger partial charge in [-0.05, 0) is 45.4 Å². The van der Waals surface area contributed by atoms with Gasteiger partial charge in [0.05, 0.1) is 6.57 Å². The Labute approximate surface area is 150 Å². The van der Waals surface area contributed by atoms with E-state index in [9.17, 15) is 4.79 Å². The number of anilines is 1. The van der Waals surface area contributed by atoms with Gasteiger partial charge >= 0.3 is 6.09 Å². The molecule has 126 valence electrons. The van der Waals surface area contributed by atoms with Crippen LogP contribution in [0.15, 0.2) is 34.9 Å². The highest BCUT2D eigenvalue weighted by Crippen LogP contribution is 2.34. The Morgan fingerprint density at radius 3 is 2.71 bits per heavy atom. The first-order chi connectivity index (χ1) is 11.2. The normalized spacial score (nSPS) is 11.0. The first-order valence-electron chi connectivity index (χ1n) is 7.62. The molecule has 1 heterocycles. The minimum atomic E-state index is -0.549. The number of rotatable bonds is 3. The number of aromatic nitrogens is 1. The van der Waals surface area contributed by atoms with Crippen LogP contribution >= 0.6 is 15.9 Å². The molecule has 1 amide bonds. The summed E-state index contributed by atoms with van der Waals surface area (Å²) in [5.41, 5.74) is 2.50. The number of benzene rings is 1. The van der Waals surface area contributed by atoms with Crippen molar-refractivity contribution in [2.24, 2.45) is 0 Å². The molecule has 0 fully saturated rings. The molecule has 0 spiro atoms. The van der Waals surface area contributed by atoms with Gasteiger partial charge in [-0.25, -0.2) is 9.64 Å². The topological polar surface area (TPSA) is 47.6 Å². The van der Waals surface area contributed by atoms with Gasteiger partial charge in [0.15, 0.2) is 0 Å². The van der Waals surface area contributed by atoms with Gasteiger partial charge in [0.1, 0.15) is 5.60 Å². The number of nitrogens with zero attached hydrogens (tertiary/aromatic N) is 2. The van der Waals surface area contributed by atoms with Gasteiger partial charge in [0.25, 0.3) is 0 Å². The van der Waals surface area contributed by atoms with E-state index in [0.29, 0.717) is 11.4 Å². The van der Waals surface area contributed by atoms with Crippen molar-refractivity contribution in [2.45, 2.75) is 39.7 Å². The van der Waals surface area contributed by atoms with E-state index >= 15 is 0 Å². The third kappa shape index (κ3) is 4.18. The Morgan fingerprint density at radius 1 is 1.42 bits per heavy atom. The average molecular weight is 390 g/mol. The molecule has 2 aromatic rings. The van der Waals surface area contributed by atoms with Crippen LogP contribution in [-0.4, -0.2) is 16.3 Å². The highest BCUT2D eigenvalue weighted by Gasteiger charge is 2.17. The summed E-state index contributed by atoms with van der Waals surface area (Å²) in [5.74, 6) is 0. The van der Waals surface area contributed by atoms with Gasteiger partial charge < -0.3 is 9.30 Å². The summed E-state index contributed by atoms with van der Waals surface area (Å²) in [5, 5.41) is 2.73. The van der Waals surface area contributed by atoms with Crippen LogP contribution < -0.4 is 5.32 Å². The molecule has 0 aliphatic carbocycles. The van der Waals surface area contributed by atoms with Crippen molar-refractivity contribution in [2.75, 3.05) is 5.32 Å². The molecule has 0 bridgehead atoms. The first-order valence-corrected chi connectivity index (χ1v) is 8.42. The number of hydrogen-bond acceptors (Lipinski definition) is 2. The third-order valence-electron chi connectivity index (χ3n) is 3.25. The Bertz CT molecular complexity index is 798. The largest absolute Gasteiger partial charge is 0.444 e. The van der Waals surface area contributed by atoms with Gasteiger partial charge in [-0.3, -0.25) is 5.32 Å². The molecule has 0 aliphatic rings. The molecule has 24 heavy (non-hydrogen) atoms. The Hall–Kier alpha value is -2.26. The first kappa shape index (κ1) is 18.1. The fourth-order valence-corrected chi connectivity index (χ4v) is 2.87. The molecule has 1 aromatic heterocycles. The fourth-order valence-electron chi connectivity index (χ4n) is 2.35. The highest BCUT2D eigenvalue weighted by molar-refractivity contribution is 9.10. The number of ether oxygens (including phenoxy) is 1. The molecule has 0 aliphatic heterocycles. The molecule has 2 rings (SSSR count). The van der Waals surface area contributed by atoms with Crippen LogP contribution in [0.3, 0.4) is 0 Å². The van der Waals surface area contributed by atoms with Crippen LogP contribution in [0.5, 0.6) is 0 Å². The summed E-state index contributed by atoms with van der Waals surface area (Å²) >= 11 is 3.43. The molecule has 6 heteroatoms. The molecular weight excluding hydrogens is 370 g/mol. The van der Waals surface area contributed by atoms with Crippen LogP contribution in [0.1, 0.15) is 33.4 Å². The maximum Gasteiger partial charge on any atom is 0.412 e. The number of carbonyl (C=O) groups excluding carboxylic acids is 1. The average Bonchev–Trinajstić information content (AvgIpc) is 2.81. The Morgan fingerprint density at radius 2 is 2.12 bits per heavy atom. The van der Waals surface area contributed by atoms with E-state index in [-0.39, 0.29) is 0 Å². The highest BCUT2D eigenvalue weighted by atomic mass is 79.9. The summed E-state index contributed by atoms with van der Waals surface area (Å²) in [6.07, 6.45) is 2.11. The van der Waals surface area contributed by atoms with Gasteiger partial charge in [0, 0.05) is 27.7 Å². The van der Waals surface area contributed by atoms with Crippen molar-refractivity contribution in [1.29, 1.82) is 0 Å². The van der Waals surface area contributed by atoms with Gasteiger partial charge in [-0.15, -0.1) is 0 Å². The lowest BCUT2D eigenvalue weighted by molar-refractivity contribution is 0.0636. The molecule has 0 unspecified atom stereocenters. The molecule has 0 radical (unpaired) electrons. The minimum Gasteiger partial charge on any atom is -0.444 e. The lowest BCUT2D eigenvalue weighted by Crippen LogP contribution is -2.27. The molecule has 0 saturated carbocycles. The maximum atomic E-state index is 11.9. The Kier molecular flexibility index (Phi) is 5.35. The lowest BCUT2D eigenvalue weighted by Gasteiger charge is -2.20. The molecule has 0 saturated heterocycles. The number of amides is 1. The second kappa shape index (κ2) is 7.10. The molecule has 1 N–H and O–H groups in total. The van der Waals surface area contributed by atoms with Crippen molar-refractivity contribution in [1.82, 2.24) is 4.57 Å². The van der Waals surface area contributed by atoms with Crippen molar-refractivity contribution >= 4 is 33.4 Å². The van der Waals surface area contributed by atoms with Crippen molar-refractivity contribution in [3.63, 3.8) is 0 Å². The van der Waals surface area contributed by atoms with Crippen LogP contribution in [0.25, 0.3) is 10.5 Å².